The van der Waals surface area contributed by atoms with Crippen molar-refractivity contribution >= 4 is 33.0 Å². The van der Waals surface area contributed by atoms with Crippen molar-refractivity contribution in [2.24, 2.45) is 0 Å². The average molecular weight is 203 g/mol. The molecular weight excluding hydrogens is 194 g/mol. The fraction of sp³-hybridized carbons (Fsp3) is 0. The quantitative estimate of drug-likeness (QED) is 0.747. The van der Waals surface area contributed by atoms with Gasteiger partial charge in [0.1, 0.15) is 0 Å². The van der Waals surface area contributed by atoms with Crippen LogP contribution < -0.4 is 5.32 Å². The molecule has 0 saturated carbocycles. The van der Waals surface area contributed by atoms with Crippen molar-refractivity contribution in [3.05, 3.63) is 42.3 Å². The first-order valence-corrected chi connectivity index (χ1v) is 5.09. The molecule has 0 spiro atoms. The number of nitrogens with one attached hydrogen (secondary N) is 1. The molecule has 0 aliphatic heterocycles. The predicted octanol–water partition coefficient (Wildman–Crippen LogP) is 3.03. The highest BCUT2D eigenvalue weighted by molar-refractivity contribution is 7.17. The molecule has 1 heterocycles. The Labute approximate surface area is 85.9 Å². The van der Waals surface area contributed by atoms with Crippen LogP contribution in [0.15, 0.2) is 42.3 Å². The van der Waals surface area contributed by atoms with E-state index in [0.717, 1.165) is 15.8 Å². The molecule has 70 valence electrons. The van der Waals surface area contributed by atoms with E-state index in [4.69, 9.17) is 0 Å². The Hall–Kier alpha value is -1.61. The van der Waals surface area contributed by atoms with Crippen LogP contribution in [0.3, 0.4) is 0 Å². The van der Waals surface area contributed by atoms with E-state index in [-0.39, 0.29) is 5.91 Å². The van der Waals surface area contributed by atoms with E-state index in [1.807, 2.05) is 29.6 Å². The molecule has 1 N–H and O–H groups in total. The van der Waals surface area contributed by atoms with Crippen molar-refractivity contribution in [3.63, 3.8) is 0 Å². The van der Waals surface area contributed by atoms with E-state index < -0.39 is 0 Å². The summed E-state index contributed by atoms with van der Waals surface area (Å²) in [4.78, 5) is 11.1. The summed E-state index contributed by atoms with van der Waals surface area (Å²) in [5.74, 6) is -0.175. The summed E-state index contributed by atoms with van der Waals surface area (Å²) in [6.07, 6.45) is 1.27. The van der Waals surface area contributed by atoms with E-state index in [9.17, 15) is 4.79 Å². The lowest BCUT2D eigenvalue weighted by Crippen LogP contribution is -2.06. The topological polar surface area (TPSA) is 29.1 Å². The third-order valence-corrected chi connectivity index (χ3v) is 2.89. The highest BCUT2D eigenvalue weighted by Crippen LogP contribution is 2.28. The van der Waals surface area contributed by atoms with Crippen molar-refractivity contribution in [1.82, 2.24) is 0 Å². The number of hydrogen-bond acceptors (Lipinski definition) is 2. The number of rotatable bonds is 2. The molecule has 2 rings (SSSR count). The normalized spacial score (nSPS) is 10.0. The molecule has 0 saturated heterocycles. The molecule has 0 unspecified atom stereocenters. The van der Waals surface area contributed by atoms with E-state index in [1.165, 1.54) is 6.08 Å². The number of benzene rings is 1. The number of amides is 1. The van der Waals surface area contributed by atoms with Crippen LogP contribution in [0.4, 0.5) is 5.69 Å². The Morgan fingerprint density at radius 1 is 1.43 bits per heavy atom. The molecule has 1 aromatic carbocycles. The van der Waals surface area contributed by atoms with Crippen LogP contribution in [0, 0.1) is 0 Å². The van der Waals surface area contributed by atoms with Gasteiger partial charge in [0.05, 0.1) is 10.4 Å². The molecule has 0 bridgehead atoms. The van der Waals surface area contributed by atoms with Gasteiger partial charge in [0.15, 0.2) is 0 Å². The first-order chi connectivity index (χ1) is 6.81. The van der Waals surface area contributed by atoms with Crippen molar-refractivity contribution in [2.75, 3.05) is 5.32 Å². The molecule has 1 aromatic heterocycles. The zero-order valence-corrected chi connectivity index (χ0v) is 8.30. The lowest BCUT2D eigenvalue weighted by atomic mass is 10.2. The molecule has 3 heteroatoms. The van der Waals surface area contributed by atoms with Gasteiger partial charge in [0.2, 0.25) is 5.91 Å². The second-order valence-corrected chi connectivity index (χ2v) is 3.75. The van der Waals surface area contributed by atoms with Gasteiger partial charge < -0.3 is 5.32 Å². The monoisotopic (exact) mass is 203 g/mol. The second-order valence-electron chi connectivity index (χ2n) is 2.84. The van der Waals surface area contributed by atoms with Gasteiger partial charge in [-0.05, 0) is 29.0 Å². The van der Waals surface area contributed by atoms with Crippen LogP contribution >= 0.6 is 11.3 Å². The maximum Gasteiger partial charge on any atom is 0.247 e. The van der Waals surface area contributed by atoms with Crippen LogP contribution in [0.5, 0.6) is 0 Å². The summed E-state index contributed by atoms with van der Waals surface area (Å²) in [5, 5.41) is 5.93. The van der Waals surface area contributed by atoms with Gasteiger partial charge in [-0.15, -0.1) is 11.3 Å². The molecule has 0 atom stereocenters. The van der Waals surface area contributed by atoms with Gasteiger partial charge in [0, 0.05) is 0 Å². The Kier molecular flexibility index (Phi) is 2.33. The van der Waals surface area contributed by atoms with E-state index in [1.54, 1.807) is 11.3 Å². The summed E-state index contributed by atoms with van der Waals surface area (Å²) in [7, 11) is 0. The summed E-state index contributed by atoms with van der Waals surface area (Å²) in [6.45, 7) is 3.42. The summed E-state index contributed by atoms with van der Waals surface area (Å²) >= 11 is 1.62. The van der Waals surface area contributed by atoms with Crippen LogP contribution in [0.25, 0.3) is 10.1 Å². The third kappa shape index (κ3) is 1.54. The minimum Gasteiger partial charge on any atom is -0.321 e. The summed E-state index contributed by atoms with van der Waals surface area (Å²) in [5.41, 5.74) is 0.849. The highest BCUT2D eigenvalue weighted by atomic mass is 32.1. The third-order valence-electron chi connectivity index (χ3n) is 1.92. The average Bonchev–Trinajstić information content (AvgIpc) is 2.66. The molecular formula is C11H9NOS. The molecule has 2 aromatic rings. The Morgan fingerprint density at radius 2 is 2.29 bits per heavy atom. The van der Waals surface area contributed by atoms with Crippen LogP contribution in [0.2, 0.25) is 0 Å². The zero-order chi connectivity index (χ0) is 9.97. The Balaban J connectivity index is 2.46. The molecule has 0 radical (unpaired) electrons. The smallest absolute Gasteiger partial charge is 0.247 e. The number of anilines is 1. The van der Waals surface area contributed by atoms with Gasteiger partial charge in [-0.2, -0.15) is 0 Å². The summed E-state index contributed by atoms with van der Waals surface area (Å²) in [6, 6.07) is 7.87. The van der Waals surface area contributed by atoms with E-state index >= 15 is 0 Å². The first kappa shape index (κ1) is 8.97. The summed E-state index contributed by atoms with van der Waals surface area (Å²) < 4.78 is 1.10. The van der Waals surface area contributed by atoms with Crippen LogP contribution in [-0.4, -0.2) is 5.91 Å². The maximum absolute atomic E-state index is 11.1. The van der Waals surface area contributed by atoms with Crippen molar-refractivity contribution in [1.29, 1.82) is 0 Å². The Morgan fingerprint density at radius 3 is 3.07 bits per heavy atom. The number of carbonyl (C=O) groups is 1. The fourth-order valence-corrected chi connectivity index (χ4v) is 2.14. The zero-order valence-electron chi connectivity index (χ0n) is 7.49. The number of hydrogen-bond donors (Lipinski definition) is 1. The van der Waals surface area contributed by atoms with Gasteiger partial charge >= 0.3 is 0 Å². The van der Waals surface area contributed by atoms with Gasteiger partial charge in [-0.1, -0.05) is 18.7 Å². The first-order valence-electron chi connectivity index (χ1n) is 4.21. The second kappa shape index (κ2) is 3.64. The number of carbonyl (C=O) groups excluding carboxylic acids is 1. The van der Waals surface area contributed by atoms with E-state index in [0.29, 0.717) is 0 Å². The van der Waals surface area contributed by atoms with Crippen molar-refractivity contribution in [2.45, 2.75) is 0 Å². The van der Waals surface area contributed by atoms with Crippen molar-refractivity contribution in [3.8, 4) is 0 Å². The lowest BCUT2D eigenvalue weighted by molar-refractivity contribution is -0.111. The highest BCUT2D eigenvalue weighted by Gasteiger charge is 2.03. The Bertz CT molecular complexity index is 487. The molecule has 0 aliphatic carbocycles. The maximum atomic E-state index is 11.1. The number of fused-ring (bicyclic) bond motifs is 1. The lowest BCUT2D eigenvalue weighted by Gasteiger charge is -2.02. The minimum atomic E-state index is -0.175. The largest absolute Gasteiger partial charge is 0.321 e. The van der Waals surface area contributed by atoms with Gasteiger partial charge in [-0.25, -0.2) is 0 Å². The SMILES string of the molecule is C=CC(=O)Nc1cccc2ccsc12. The number of thiophene rings is 1. The fourth-order valence-electron chi connectivity index (χ4n) is 1.28. The molecule has 14 heavy (non-hydrogen) atoms. The minimum absolute atomic E-state index is 0.175. The molecule has 2 nitrogen and oxygen atoms in total. The molecule has 1 amide bonds. The van der Waals surface area contributed by atoms with Crippen LogP contribution in [-0.2, 0) is 4.79 Å². The van der Waals surface area contributed by atoms with Crippen molar-refractivity contribution < 1.29 is 4.79 Å². The molecule has 0 fully saturated rings. The predicted molar refractivity (Wildman–Crippen MR) is 60.7 cm³/mol. The van der Waals surface area contributed by atoms with Gasteiger partial charge in [-0.3, -0.25) is 4.79 Å². The van der Waals surface area contributed by atoms with Crippen LogP contribution in [0.1, 0.15) is 0 Å². The molecule has 0 aliphatic rings. The van der Waals surface area contributed by atoms with Gasteiger partial charge in [0.25, 0.3) is 0 Å². The standard InChI is InChI=1S/C11H9NOS/c1-2-10(13)12-9-5-3-4-8-6-7-14-11(8)9/h2-7H,1H2,(H,12,13). The van der Waals surface area contributed by atoms with E-state index in [2.05, 4.69) is 11.9 Å².